The van der Waals surface area contributed by atoms with E-state index in [2.05, 4.69) is 5.32 Å². The number of piperazine rings is 1. The third kappa shape index (κ3) is 3.98. The molecule has 0 spiro atoms. The maximum absolute atomic E-state index is 12.2. The maximum Gasteiger partial charge on any atom is 0.289 e. The minimum absolute atomic E-state index is 0.0398. The van der Waals surface area contributed by atoms with Crippen LogP contribution < -0.4 is 5.32 Å². The summed E-state index contributed by atoms with van der Waals surface area (Å²) in [5.74, 6) is 0.227. The van der Waals surface area contributed by atoms with Crippen LogP contribution in [0.4, 0.5) is 5.69 Å². The predicted molar refractivity (Wildman–Crippen MR) is 86.1 cm³/mol. The lowest BCUT2D eigenvalue weighted by atomic mass is 10.2. The number of furan rings is 1. The molecule has 2 heterocycles. The molecule has 1 fully saturated rings. The van der Waals surface area contributed by atoms with Crippen molar-refractivity contribution >= 4 is 17.5 Å². The highest BCUT2D eigenvalue weighted by atomic mass is 16.3. The number of nitrogens with one attached hydrogen (secondary N) is 1. The Hall–Kier alpha value is -2.60. The zero-order valence-corrected chi connectivity index (χ0v) is 12.8. The van der Waals surface area contributed by atoms with E-state index in [0.29, 0.717) is 38.5 Å². The number of hydrogen-bond acceptors (Lipinski definition) is 4. The van der Waals surface area contributed by atoms with Crippen molar-refractivity contribution in [3.8, 4) is 0 Å². The Balaban J connectivity index is 1.46. The van der Waals surface area contributed by atoms with Gasteiger partial charge in [0.1, 0.15) is 0 Å². The highest BCUT2D eigenvalue weighted by molar-refractivity contribution is 5.92. The van der Waals surface area contributed by atoms with Gasteiger partial charge < -0.3 is 14.6 Å². The largest absolute Gasteiger partial charge is 0.459 e. The summed E-state index contributed by atoms with van der Waals surface area (Å²) in [7, 11) is 0. The average Bonchev–Trinajstić information content (AvgIpc) is 3.10. The van der Waals surface area contributed by atoms with Gasteiger partial charge in [0.25, 0.3) is 5.91 Å². The van der Waals surface area contributed by atoms with Gasteiger partial charge in [-0.15, -0.1) is 0 Å². The fourth-order valence-electron chi connectivity index (χ4n) is 2.59. The molecule has 0 bridgehead atoms. The van der Waals surface area contributed by atoms with Crippen molar-refractivity contribution in [2.45, 2.75) is 0 Å². The topological polar surface area (TPSA) is 65.8 Å². The molecular formula is C17H19N3O3. The van der Waals surface area contributed by atoms with E-state index in [0.717, 1.165) is 5.69 Å². The quantitative estimate of drug-likeness (QED) is 0.932. The van der Waals surface area contributed by atoms with Crippen LogP contribution in [0.15, 0.2) is 53.1 Å². The van der Waals surface area contributed by atoms with Crippen LogP contribution in [0.3, 0.4) is 0 Å². The molecule has 1 saturated heterocycles. The molecule has 0 atom stereocenters. The molecule has 6 nitrogen and oxygen atoms in total. The van der Waals surface area contributed by atoms with E-state index in [1.165, 1.54) is 6.26 Å². The van der Waals surface area contributed by atoms with Gasteiger partial charge in [-0.05, 0) is 24.3 Å². The van der Waals surface area contributed by atoms with Crippen LogP contribution in [-0.2, 0) is 4.79 Å². The number of benzene rings is 1. The Kier molecular flexibility index (Phi) is 4.73. The van der Waals surface area contributed by atoms with Gasteiger partial charge in [-0.1, -0.05) is 18.2 Å². The average molecular weight is 313 g/mol. The van der Waals surface area contributed by atoms with E-state index in [-0.39, 0.29) is 11.8 Å². The number of nitrogens with zero attached hydrogens (tertiary/aromatic N) is 2. The Morgan fingerprint density at radius 2 is 1.74 bits per heavy atom. The van der Waals surface area contributed by atoms with Gasteiger partial charge in [-0.2, -0.15) is 0 Å². The van der Waals surface area contributed by atoms with Gasteiger partial charge in [0.15, 0.2) is 5.76 Å². The third-order valence-corrected chi connectivity index (χ3v) is 3.82. The molecular weight excluding hydrogens is 294 g/mol. The van der Waals surface area contributed by atoms with Crippen LogP contribution in [-0.4, -0.2) is 54.3 Å². The van der Waals surface area contributed by atoms with Crippen molar-refractivity contribution in [2.24, 2.45) is 0 Å². The summed E-state index contributed by atoms with van der Waals surface area (Å²) in [6.45, 7) is 2.87. The highest BCUT2D eigenvalue weighted by Crippen LogP contribution is 2.10. The first kappa shape index (κ1) is 15.3. The Morgan fingerprint density at radius 3 is 2.39 bits per heavy atom. The smallest absolute Gasteiger partial charge is 0.289 e. The molecule has 0 unspecified atom stereocenters. The fraction of sp³-hybridized carbons (Fsp3) is 0.294. The summed E-state index contributed by atoms with van der Waals surface area (Å²) in [6, 6.07) is 12.8. The van der Waals surface area contributed by atoms with E-state index < -0.39 is 0 Å². The second kappa shape index (κ2) is 7.11. The monoisotopic (exact) mass is 313 g/mol. The summed E-state index contributed by atoms with van der Waals surface area (Å²) in [5.41, 5.74) is 0.795. The standard InChI is InChI=1S/C17H19N3O3/c21-16(18-14-5-2-1-3-6-14)13-19-8-10-20(11-9-19)17(22)15-7-4-12-23-15/h1-7,12H,8-11,13H2,(H,18,21). The van der Waals surface area contributed by atoms with Crippen molar-refractivity contribution in [3.05, 3.63) is 54.5 Å². The van der Waals surface area contributed by atoms with Gasteiger partial charge >= 0.3 is 0 Å². The van der Waals surface area contributed by atoms with Crippen LogP contribution in [0, 0.1) is 0 Å². The minimum Gasteiger partial charge on any atom is -0.459 e. The summed E-state index contributed by atoms with van der Waals surface area (Å²) >= 11 is 0. The van der Waals surface area contributed by atoms with Crippen molar-refractivity contribution in [2.75, 3.05) is 38.0 Å². The lowest BCUT2D eigenvalue weighted by Crippen LogP contribution is -2.50. The van der Waals surface area contributed by atoms with Crippen LogP contribution in [0.5, 0.6) is 0 Å². The van der Waals surface area contributed by atoms with E-state index in [1.54, 1.807) is 17.0 Å². The molecule has 3 rings (SSSR count). The SMILES string of the molecule is O=C(CN1CCN(C(=O)c2ccco2)CC1)Nc1ccccc1. The molecule has 1 aliphatic heterocycles. The maximum atomic E-state index is 12.2. The Labute approximate surface area is 134 Å². The Bertz CT molecular complexity index is 647. The third-order valence-electron chi connectivity index (χ3n) is 3.82. The van der Waals surface area contributed by atoms with E-state index in [4.69, 9.17) is 4.42 Å². The molecule has 1 aromatic carbocycles. The van der Waals surface area contributed by atoms with E-state index in [9.17, 15) is 9.59 Å². The van der Waals surface area contributed by atoms with Crippen LogP contribution in [0.2, 0.25) is 0 Å². The van der Waals surface area contributed by atoms with Crippen molar-refractivity contribution in [3.63, 3.8) is 0 Å². The van der Waals surface area contributed by atoms with Gasteiger partial charge in [-0.25, -0.2) is 0 Å². The summed E-state index contributed by atoms with van der Waals surface area (Å²) in [5, 5.41) is 2.87. The van der Waals surface area contributed by atoms with Gasteiger partial charge in [0.2, 0.25) is 5.91 Å². The first-order chi connectivity index (χ1) is 11.2. The first-order valence-corrected chi connectivity index (χ1v) is 7.62. The number of rotatable bonds is 4. The van der Waals surface area contributed by atoms with Gasteiger partial charge in [0.05, 0.1) is 12.8 Å². The molecule has 120 valence electrons. The van der Waals surface area contributed by atoms with Crippen LogP contribution in [0.25, 0.3) is 0 Å². The zero-order chi connectivity index (χ0) is 16.1. The van der Waals surface area contributed by atoms with Crippen LogP contribution in [0.1, 0.15) is 10.6 Å². The molecule has 6 heteroatoms. The molecule has 23 heavy (non-hydrogen) atoms. The van der Waals surface area contributed by atoms with E-state index in [1.807, 2.05) is 35.2 Å². The normalized spacial score (nSPS) is 15.4. The molecule has 2 amide bonds. The van der Waals surface area contributed by atoms with Crippen molar-refractivity contribution in [1.82, 2.24) is 9.80 Å². The number of carbonyl (C=O) groups excluding carboxylic acids is 2. The molecule has 1 aromatic heterocycles. The molecule has 0 saturated carbocycles. The molecule has 0 radical (unpaired) electrons. The lowest BCUT2D eigenvalue weighted by molar-refractivity contribution is -0.117. The van der Waals surface area contributed by atoms with E-state index >= 15 is 0 Å². The second-order valence-electron chi connectivity index (χ2n) is 5.46. The predicted octanol–water partition coefficient (Wildman–Crippen LogP) is 1.68. The fourth-order valence-corrected chi connectivity index (χ4v) is 2.59. The number of amides is 2. The first-order valence-electron chi connectivity index (χ1n) is 7.62. The summed E-state index contributed by atoms with van der Waals surface area (Å²) in [6.07, 6.45) is 1.50. The van der Waals surface area contributed by atoms with Gasteiger partial charge in [0, 0.05) is 31.9 Å². The highest BCUT2D eigenvalue weighted by Gasteiger charge is 2.24. The summed E-state index contributed by atoms with van der Waals surface area (Å²) in [4.78, 5) is 28.0. The molecule has 1 aliphatic rings. The number of carbonyl (C=O) groups is 2. The van der Waals surface area contributed by atoms with Crippen LogP contribution >= 0.6 is 0 Å². The zero-order valence-electron chi connectivity index (χ0n) is 12.8. The van der Waals surface area contributed by atoms with Crippen molar-refractivity contribution in [1.29, 1.82) is 0 Å². The Morgan fingerprint density at radius 1 is 1.00 bits per heavy atom. The molecule has 0 aliphatic carbocycles. The van der Waals surface area contributed by atoms with Gasteiger partial charge in [-0.3, -0.25) is 14.5 Å². The lowest BCUT2D eigenvalue weighted by Gasteiger charge is -2.33. The minimum atomic E-state index is -0.0941. The second-order valence-corrected chi connectivity index (χ2v) is 5.46. The molecule has 1 N–H and O–H groups in total. The van der Waals surface area contributed by atoms with Crippen molar-refractivity contribution < 1.29 is 14.0 Å². The summed E-state index contributed by atoms with van der Waals surface area (Å²) < 4.78 is 5.14. The number of para-hydroxylation sites is 1. The number of hydrogen-bond donors (Lipinski definition) is 1. The molecule has 2 aromatic rings. The number of anilines is 1.